The third kappa shape index (κ3) is 3.11. The Balaban J connectivity index is 1.75. The minimum Gasteiger partial charge on any atom is -0.371 e. The van der Waals surface area contributed by atoms with Crippen molar-refractivity contribution in [2.24, 2.45) is 5.73 Å². The van der Waals surface area contributed by atoms with E-state index in [2.05, 4.69) is 60.4 Å². The molecule has 0 bridgehead atoms. The van der Waals surface area contributed by atoms with Crippen LogP contribution in [0.2, 0.25) is 0 Å². The fourth-order valence-electron chi connectivity index (χ4n) is 3.22. The highest BCUT2D eigenvalue weighted by Gasteiger charge is 2.27. The summed E-state index contributed by atoms with van der Waals surface area (Å²) < 4.78 is 0. The van der Waals surface area contributed by atoms with Gasteiger partial charge in [0.1, 0.15) is 0 Å². The van der Waals surface area contributed by atoms with E-state index in [1.54, 1.807) is 0 Å². The molecule has 2 aromatic carbocycles. The molecule has 0 saturated carbocycles. The second kappa shape index (κ2) is 6.31. The number of hydrogen-bond donors (Lipinski definition) is 1. The van der Waals surface area contributed by atoms with Gasteiger partial charge in [-0.05, 0) is 55.1 Å². The lowest BCUT2D eigenvalue weighted by molar-refractivity contribution is 0.576. The van der Waals surface area contributed by atoms with Gasteiger partial charge < -0.3 is 10.6 Å². The van der Waals surface area contributed by atoms with E-state index in [9.17, 15) is 0 Å². The van der Waals surface area contributed by atoms with Crippen LogP contribution in [-0.4, -0.2) is 19.6 Å². The summed E-state index contributed by atoms with van der Waals surface area (Å²) in [5.41, 5.74) is 11.4. The van der Waals surface area contributed by atoms with E-state index in [-0.39, 0.29) is 0 Å². The van der Waals surface area contributed by atoms with E-state index < -0.39 is 0 Å². The highest BCUT2D eigenvalue weighted by atomic mass is 15.1. The van der Waals surface area contributed by atoms with Crippen LogP contribution in [0.25, 0.3) is 0 Å². The van der Waals surface area contributed by atoms with Gasteiger partial charge in [0, 0.05) is 24.7 Å². The molecule has 2 nitrogen and oxygen atoms in total. The van der Waals surface area contributed by atoms with E-state index in [0.717, 1.165) is 26.1 Å². The lowest BCUT2D eigenvalue weighted by Gasteiger charge is -2.36. The van der Waals surface area contributed by atoms with Crippen LogP contribution in [0.4, 0.5) is 5.69 Å². The largest absolute Gasteiger partial charge is 0.371 e. The topological polar surface area (TPSA) is 29.3 Å². The number of aryl methyl sites for hydroxylation is 1. The smallest absolute Gasteiger partial charge is 0.0369 e. The first-order chi connectivity index (χ1) is 10.3. The summed E-state index contributed by atoms with van der Waals surface area (Å²) in [6, 6.07) is 17.6. The molecule has 0 amide bonds. The highest BCUT2D eigenvalue weighted by Crippen LogP contribution is 2.36. The molecule has 21 heavy (non-hydrogen) atoms. The van der Waals surface area contributed by atoms with E-state index in [1.807, 2.05) is 0 Å². The van der Waals surface area contributed by atoms with Crippen molar-refractivity contribution in [1.82, 2.24) is 0 Å². The Morgan fingerprint density at radius 1 is 1.14 bits per heavy atom. The van der Waals surface area contributed by atoms with E-state index in [1.165, 1.54) is 28.8 Å². The number of rotatable bonds is 6. The summed E-state index contributed by atoms with van der Waals surface area (Å²) in [6.45, 7) is 5.05. The predicted molar refractivity (Wildman–Crippen MR) is 90.0 cm³/mol. The zero-order valence-electron chi connectivity index (χ0n) is 12.8. The van der Waals surface area contributed by atoms with Crippen LogP contribution >= 0.6 is 0 Å². The fraction of sp³-hybridized carbons (Fsp3) is 0.368. The quantitative estimate of drug-likeness (QED) is 0.877. The van der Waals surface area contributed by atoms with E-state index >= 15 is 0 Å². The van der Waals surface area contributed by atoms with Crippen LogP contribution in [0.5, 0.6) is 0 Å². The zero-order valence-corrected chi connectivity index (χ0v) is 12.8. The van der Waals surface area contributed by atoms with Gasteiger partial charge >= 0.3 is 0 Å². The Hall–Kier alpha value is -1.80. The molecule has 2 aromatic rings. The van der Waals surface area contributed by atoms with Crippen LogP contribution in [0.1, 0.15) is 29.0 Å². The Bertz CT molecular complexity index is 606. The summed E-state index contributed by atoms with van der Waals surface area (Å²) in [5, 5.41) is 0. The Kier molecular flexibility index (Phi) is 4.26. The van der Waals surface area contributed by atoms with Crippen molar-refractivity contribution in [3.8, 4) is 0 Å². The summed E-state index contributed by atoms with van der Waals surface area (Å²) >= 11 is 0. The normalized spacial score (nSPS) is 16.2. The van der Waals surface area contributed by atoms with Gasteiger partial charge in [0.25, 0.3) is 0 Å². The fourth-order valence-corrected chi connectivity index (χ4v) is 3.22. The van der Waals surface area contributed by atoms with Crippen LogP contribution in [-0.2, 0) is 6.42 Å². The van der Waals surface area contributed by atoms with E-state index in [0.29, 0.717) is 5.92 Å². The van der Waals surface area contributed by atoms with Crippen LogP contribution < -0.4 is 10.6 Å². The molecule has 2 N–H and O–H groups in total. The first kappa shape index (κ1) is 14.2. The molecule has 0 radical (unpaired) electrons. The lowest BCUT2D eigenvalue weighted by atomic mass is 9.77. The standard InChI is InChI=1S/C19H24N2/c1-15-6-4-8-18(12-15)21(11-5-10-20)14-17-13-16-7-2-3-9-19(16)17/h2-4,6-9,12,17H,5,10-11,13-14,20H2,1H3. The zero-order chi connectivity index (χ0) is 14.7. The number of fused-ring (bicyclic) bond motifs is 1. The molecule has 3 rings (SSSR count). The van der Waals surface area contributed by atoms with Crippen molar-refractivity contribution in [1.29, 1.82) is 0 Å². The van der Waals surface area contributed by atoms with Crippen molar-refractivity contribution in [3.05, 3.63) is 65.2 Å². The average Bonchev–Trinajstić information content (AvgIpc) is 2.48. The van der Waals surface area contributed by atoms with Crippen molar-refractivity contribution >= 4 is 5.69 Å². The van der Waals surface area contributed by atoms with Gasteiger partial charge in [-0.15, -0.1) is 0 Å². The van der Waals surface area contributed by atoms with Crippen LogP contribution in [0.3, 0.4) is 0 Å². The number of anilines is 1. The first-order valence-corrected chi connectivity index (χ1v) is 7.87. The third-order valence-corrected chi connectivity index (χ3v) is 4.40. The molecule has 0 aliphatic heterocycles. The molecule has 1 atom stereocenters. The average molecular weight is 280 g/mol. The Morgan fingerprint density at radius 2 is 2.00 bits per heavy atom. The molecular formula is C19H24N2. The molecule has 0 heterocycles. The first-order valence-electron chi connectivity index (χ1n) is 7.87. The molecule has 0 aromatic heterocycles. The molecule has 0 spiro atoms. The summed E-state index contributed by atoms with van der Waals surface area (Å²) in [7, 11) is 0. The van der Waals surface area contributed by atoms with Gasteiger partial charge in [-0.3, -0.25) is 0 Å². The monoisotopic (exact) mass is 280 g/mol. The van der Waals surface area contributed by atoms with Crippen molar-refractivity contribution in [3.63, 3.8) is 0 Å². The van der Waals surface area contributed by atoms with Gasteiger partial charge in [0.15, 0.2) is 0 Å². The number of benzene rings is 2. The molecule has 110 valence electrons. The molecule has 2 heteroatoms. The Labute approximate surface area is 127 Å². The van der Waals surface area contributed by atoms with Gasteiger partial charge in [0.05, 0.1) is 0 Å². The van der Waals surface area contributed by atoms with Crippen molar-refractivity contribution < 1.29 is 0 Å². The third-order valence-electron chi connectivity index (χ3n) is 4.40. The van der Waals surface area contributed by atoms with Gasteiger partial charge in [0.2, 0.25) is 0 Å². The molecule has 0 fully saturated rings. The van der Waals surface area contributed by atoms with Crippen LogP contribution in [0, 0.1) is 6.92 Å². The number of hydrogen-bond acceptors (Lipinski definition) is 2. The second-order valence-electron chi connectivity index (χ2n) is 6.03. The summed E-state index contributed by atoms with van der Waals surface area (Å²) in [5.74, 6) is 0.666. The Morgan fingerprint density at radius 3 is 2.76 bits per heavy atom. The minimum atomic E-state index is 0.666. The molecule has 1 unspecified atom stereocenters. The van der Waals surface area contributed by atoms with Crippen LogP contribution in [0.15, 0.2) is 48.5 Å². The van der Waals surface area contributed by atoms with Crippen molar-refractivity contribution in [2.45, 2.75) is 25.7 Å². The second-order valence-corrected chi connectivity index (χ2v) is 6.03. The summed E-state index contributed by atoms with van der Waals surface area (Å²) in [4.78, 5) is 2.50. The lowest BCUT2D eigenvalue weighted by Crippen LogP contribution is -2.35. The molecule has 1 aliphatic rings. The summed E-state index contributed by atoms with van der Waals surface area (Å²) in [6.07, 6.45) is 2.25. The van der Waals surface area contributed by atoms with E-state index in [4.69, 9.17) is 5.73 Å². The minimum absolute atomic E-state index is 0.666. The maximum atomic E-state index is 5.71. The van der Waals surface area contributed by atoms with Crippen molar-refractivity contribution in [2.75, 3.05) is 24.5 Å². The molecular weight excluding hydrogens is 256 g/mol. The highest BCUT2D eigenvalue weighted by molar-refractivity contribution is 5.50. The SMILES string of the molecule is Cc1cccc(N(CCCN)CC2Cc3ccccc32)c1. The number of nitrogens with zero attached hydrogens (tertiary/aromatic N) is 1. The number of nitrogens with two attached hydrogens (primary N) is 1. The van der Waals surface area contributed by atoms with Gasteiger partial charge in [-0.2, -0.15) is 0 Å². The maximum Gasteiger partial charge on any atom is 0.0369 e. The molecule has 0 saturated heterocycles. The maximum absolute atomic E-state index is 5.71. The van der Waals surface area contributed by atoms with Gasteiger partial charge in [-0.1, -0.05) is 36.4 Å². The van der Waals surface area contributed by atoms with Gasteiger partial charge in [-0.25, -0.2) is 0 Å². The molecule has 1 aliphatic carbocycles. The predicted octanol–water partition coefficient (Wildman–Crippen LogP) is 3.49.